The molecule has 0 aromatic rings. The first kappa shape index (κ1) is 12.2. The zero-order valence-corrected chi connectivity index (χ0v) is 8.08. The van der Waals surface area contributed by atoms with Crippen molar-refractivity contribution < 1.29 is 9.47 Å². The summed E-state index contributed by atoms with van der Waals surface area (Å²) in [6, 6.07) is 0. The van der Waals surface area contributed by atoms with E-state index in [-0.39, 0.29) is 0 Å². The molecule has 0 aromatic heterocycles. The van der Waals surface area contributed by atoms with Gasteiger partial charge in [-0.05, 0) is 19.3 Å². The van der Waals surface area contributed by atoms with Gasteiger partial charge in [0.1, 0.15) is 11.1 Å². The Morgan fingerprint density at radius 2 is 1.77 bits per heavy atom. The number of hydrogen-bond acceptors (Lipinski definition) is 4. The summed E-state index contributed by atoms with van der Waals surface area (Å²) < 4.78 is 9.80. The summed E-state index contributed by atoms with van der Waals surface area (Å²) in [5.74, 6) is 0. The van der Waals surface area contributed by atoms with Crippen molar-refractivity contribution in [3.8, 4) is 0 Å². The lowest BCUT2D eigenvalue weighted by Gasteiger charge is -1.76. The normalized spacial score (nSPS) is 23.0. The molecule has 1 unspecified atom stereocenters. The number of nitrogens with one attached hydrogen (secondary N) is 2. The lowest BCUT2D eigenvalue weighted by atomic mass is 10.4. The van der Waals surface area contributed by atoms with E-state index in [1.165, 1.54) is 19.3 Å². The second-order valence-corrected chi connectivity index (χ2v) is 2.79. The third-order valence-corrected chi connectivity index (χ3v) is 1.69. The second kappa shape index (κ2) is 9.32. The number of rotatable bonds is 1. The zero-order chi connectivity index (χ0) is 9.94. The van der Waals surface area contributed by atoms with E-state index in [0.717, 1.165) is 19.8 Å². The Bertz CT molecular complexity index is 131. The predicted octanol–water partition coefficient (Wildman–Crippen LogP) is 1.71. The summed E-state index contributed by atoms with van der Waals surface area (Å²) in [6.45, 7) is 5.15. The highest BCUT2D eigenvalue weighted by atomic mass is 16.6. The van der Waals surface area contributed by atoms with Crippen molar-refractivity contribution in [1.82, 2.24) is 4.91 Å². The van der Waals surface area contributed by atoms with E-state index in [4.69, 9.17) is 20.5 Å². The topological polar surface area (TPSA) is 83.6 Å². The summed E-state index contributed by atoms with van der Waals surface area (Å²) in [7, 11) is 0. The molecule has 0 aliphatic carbocycles. The van der Waals surface area contributed by atoms with Crippen LogP contribution >= 0.6 is 0 Å². The van der Waals surface area contributed by atoms with Crippen LogP contribution < -0.4 is 4.91 Å². The Kier molecular flexibility index (Phi) is 8.77. The number of ether oxygens (including phenoxy) is 2. The van der Waals surface area contributed by atoms with Crippen LogP contribution in [0.25, 0.3) is 0 Å². The van der Waals surface area contributed by atoms with Crippen LogP contribution in [0.15, 0.2) is 0 Å². The molecule has 2 saturated heterocycles. The van der Waals surface area contributed by atoms with Gasteiger partial charge in [0.2, 0.25) is 4.91 Å². The van der Waals surface area contributed by atoms with Crippen molar-refractivity contribution in [2.45, 2.75) is 32.3 Å². The average molecular weight is 188 g/mol. The Balaban J connectivity index is 0.000000174. The molecule has 2 fully saturated rings. The minimum Gasteiger partial charge on any atom is -0.381 e. The Labute approximate surface area is 78.4 Å². The van der Waals surface area contributed by atoms with Crippen LogP contribution in [-0.2, 0) is 9.47 Å². The van der Waals surface area contributed by atoms with E-state index in [1.54, 1.807) is 0 Å². The van der Waals surface area contributed by atoms with Crippen molar-refractivity contribution in [1.29, 1.82) is 11.1 Å². The summed E-state index contributed by atoms with van der Waals surface area (Å²) in [5, 5.41) is 0. The molecular weight excluding hydrogens is 170 g/mol. The van der Waals surface area contributed by atoms with Gasteiger partial charge in [0.25, 0.3) is 0 Å². The van der Waals surface area contributed by atoms with Gasteiger partial charge in [-0.3, -0.25) is 0 Å². The van der Waals surface area contributed by atoms with Crippen molar-refractivity contribution in [3.63, 3.8) is 0 Å². The molecule has 0 radical (unpaired) electrons. The van der Waals surface area contributed by atoms with E-state index in [1.807, 2.05) is 4.91 Å². The van der Waals surface area contributed by atoms with Crippen LogP contribution in [0, 0.1) is 11.1 Å². The van der Waals surface area contributed by atoms with Gasteiger partial charge in [-0.1, -0.05) is 6.92 Å². The van der Waals surface area contributed by atoms with Gasteiger partial charge in [0, 0.05) is 13.2 Å². The molecule has 2 heterocycles. The molecule has 0 amide bonds. The lowest BCUT2D eigenvalue weighted by molar-refractivity contribution is 0.198. The summed E-state index contributed by atoms with van der Waals surface area (Å²) in [4.78, 5) is 2.00. The van der Waals surface area contributed by atoms with Gasteiger partial charge in [-0.25, -0.2) is 0 Å². The summed E-state index contributed by atoms with van der Waals surface area (Å²) in [6.07, 6.45) is 4.38. The van der Waals surface area contributed by atoms with Gasteiger partial charge in [0.15, 0.2) is 0 Å². The third-order valence-electron chi connectivity index (χ3n) is 1.69. The maximum Gasteiger partial charge on any atom is 0.211 e. The molecule has 2 N–H and O–H groups in total. The van der Waals surface area contributed by atoms with Gasteiger partial charge in [-0.15, -0.1) is 0 Å². The molecule has 2 aliphatic rings. The highest BCUT2D eigenvalue weighted by molar-refractivity contribution is 4.64. The fraction of sp³-hybridized carbons (Fsp3) is 1.00. The van der Waals surface area contributed by atoms with E-state index in [0.29, 0.717) is 6.10 Å². The quantitative estimate of drug-likeness (QED) is 0.373. The Morgan fingerprint density at radius 1 is 1.31 bits per heavy atom. The molecule has 13 heavy (non-hydrogen) atoms. The van der Waals surface area contributed by atoms with Crippen LogP contribution in [0.3, 0.4) is 0 Å². The molecule has 1 atom stereocenters. The van der Waals surface area contributed by atoms with Crippen LogP contribution in [0.5, 0.6) is 0 Å². The smallest absolute Gasteiger partial charge is 0.211 e. The van der Waals surface area contributed by atoms with Crippen molar-refractivity contribution in [2.75, 3.05) is 19.8 Å². The largest absolute Gasteiger partial charge is 0.381 e. The number of epoxide rings is 1. The van der Waals surface area contributed by atoms with Gasteiger partial charge >= 0.3 is 0 Å². The van der Waals surface area contributed by atoms with Crippen LogP contribution in [-0.4, -0.2) is 25.9 Å². The molecule has 2 rings (SSSR count). The molecule has 5 heteroatoms. The predicted molar refractivity (Wildman–Crippen MR) is 47.7 cm³/mol. The summed E-state index contributed by atoms with van der Waals surface area (Å²) in [5.41, 5.74) is 11.0. The standard InChI is InChI=1S/2C4H8O.H2N3/c1-2-4-3-5-4;1-2-4-5-3-1;1-3-2/h4H,2-3H2,1H3;1-4H2;1-2H/q;;+1. The highest BCUT2D eigenvalue weighted by Gasteiger charge is 2.18. The summed E-state index contributed by atoms with van der Waals surface area (Å²) >= 11 is 0. The molecule has 2 aliphatic heterocycles. The molecule has 0 saturated carbocycles. The van der Waals surface area contributed by atoms with Gasteiger partial charge in [0.05, 0.1) is 12.7 Å². The average Bonchev–Trinajstić information content (AvgIpc) is 2.79. The van der Waals surface area contributed by atoms with Crippen LogP contribution in [0.1, 0.15) is 26.2 Å². The van der Waals surface area contributed by atoms with Crippen molar-refractivity contribution >= 4 is 0 Å². The minimum absolute atomic E-state index is 0.634. The fourth-order valence-corrected chi connectivity index (χ4v) is 0.814. The van der Waals surface area contributed by atoms with Crippen molar-refractivity contribution in [3.05, 3.63) is 0 Å². The number of hydrogen-bond donors (Lipinski definition) is 2. The minimum atomic E-state index is 0.634. The molecular formula is C8H18N3O2+. The van der Waals surface area contributed by atoms with Crippen LogP contribution in [0.2, 0.25) is 0 Å². The molecule has 5 nitrogen and oxygen atoms in total. The first-order valence-electron chi connectivity index (χ1n) is 4.57. The van der Waals surface area contributed by atoms with E-state index in [9.17, 15) is 0 Å². The van der Waals surface area contributed by atoms with Gasteiger partial charge < -0.3 is 9.47 Å². The second-order valence-electron chi connectivity index (χ2n) is 2.79. The Morgan fingerprint density at radius 3 is 1.85 bits per heavy atom. The maximum absolute atomic E-state index is 5.50. The molecule has 0 aromatic carbocycles. The number of nitrogens with zero attached hydrogens (tertiary/aromatic N) is 1. The third kappa shape index (κ3) is 11.2. The molecule has 0 spiro atoms. The molecule has 76 valence electrons. The highest BCUT2D eigenvalue weighted by Crippen LogP contribution is 2.10. The fourth-order valence-electron chi connectivity index (χ4n) is 0.814. The Hall–Kier alpha value is -0.770. The monoisotopic (exact) mass is 188 g/mol. The maximum atomic E-state index is 5.50. The first-order chi connectivity index (χ1) is 6.35. The van der Waals surface area contributed by atoms with Gasteiger partial charge in [-0.2, -0.15) is 0 Å². The van der Waals surface area contributed by atoms with Crippen molar-refractivity contribution in [2.24, 2.45) is 0 Å². The van der Waals surface area contributed by atoms with E-state index >= 15 is 0 Å². The lowest BCUT2D eigenvalue weighted by Crippen LogP contribution is -1.74. The first-order valence-corrected chi connectivity index (χ1v) is 4.57. The van der Waals surface area contributed by atoms with Crippen LogP contribution in [0.4, 0.5) is 0 Å². The molecule has 0 bridgehead atoms. The SMILES string of the molecule is C1CCOC1.CCC1CO1.N=[N+]=N. The van der Waals surface area contributed by atoms with E-state index < -0.39 is 0 Å². The van der Waals surface area contributed by atoms with E-state index in [2.05, 4.69) is 6.92 Å². The zero-order valence-electron chi connectivity index (χ0n) is 8.08.